The lowest BCUT2D eigenvalue weighted by atomic mass is 9.85. The Balaban J connectivity index is 2.00. The Bertz CT molecular complexity index is 1190. The van der Waals surface area contributed by atoms with E-state index in [1.54, 1.807) is 0 Å². The van der Waals surface area contributed by atoms with Crippen molar-refractivity contribution in [2.45, 2.75) is 6.92 Å². The van der Waals surface area contributed by atoms with E-state index in [4.69, 9.17) is 11.6 Å². The smallest absolute Gasteiger partial charge is 0.0406 e. The molecule has 5 aromatic carbocycles. The summed E-state index contributed by atoms with van der Waals surface area (Å²) in [4.78, 5) is 0. The topological polar surface area (TPSA) is 0 Å². The van der Waals surface area contributed by atoms with E-state index < -0.39 is 0 Å². The fraction of sp³-hybridized carbons (Fsp3) is 0.0370. The van der Waals surface area contributed by atoms with Gasteiger partial charge in [-0.05, 0) is 62.9 Å². The van der Waals surface area contributed by atoms with Crippen molar-refractivity contribution < 1.29 is 0 Å². The summed E-state index contributed by atoms with van der Waals surface area (Å²) >= 11 is 6.19. The van der Waals surface area contributed by atoms with Gasteiger partial charge < -0.3 is 0 Å². The predicted octanol–water partition coefficient (Wildman–Crippen LogP) is 8.29. The molecular weight excluding hydrogens is 360 g/mol. The Morgan fingerprint density at radius 2 is 0.857 bits per heavy atom. The van der Waals surface area contributed by atoms with Gasteiger partial charge in [-0.2, -0.15) is 0 Å². The molecule has 0 heterocycles. The molecule has 1 heteroatoms. The van der Waals surface area contributed by atoms with Gasteiger partial charge in [-0.1, -0.05) is 102 Å². The number of halogens is 1. The Kier molecular flexibility index (Phi) is 4.15. The number of aryl methyl sites for hydroxylation is 1. The zero-order valence-corrected chi connectivity index (χ0v) is 16.4. The van der Waals surface area contributed by atoms with Crippen LogP contribution in [0.15, 0.2) is 97.1 Å². The fourth-order valence-electron chi connectivity index (χ4n) is 4.08. The number of hydrogen-bond acceptors (Lipinski definition) is 0. The molecule has 0 nitrogen and oxygen atoms in total. The average molecular weight is 379 g/mol. The van der Waals surface area contributed by atoms with Crippen LogP contribution in [0.3, 0.4) is 0 Å². The van der Waals surface area contributed by atoms with E-state index in [1.165, 1.54) is 49.4 Å². The third-order valence-corrected chi connectivity index (χ3v) is 5.66. The van der Waals surface area contributed by atoms with Gasteiger partial charge >= 0.3 is 0 Å². The lowest BCUT2D eigenvalue weighted by molar-refractivity contribution is 1.47. The summed E-state index contributed by atoms with van der Waals surface area (Å²) in [6, 6.07) is 34.4. The number of rotatable bonds is 2. The van der Waals surface area contributed by atoms with E-state index in [2.05, 4.69) is 91.9 Å². The van der Waals surface area contributed by atoms with Gasteiger partial charge in [0.1, 0.15) is 0 Å². The van der Waals surface area contributed by atoms with Crippen LogP contribution in [0.25, 0.3) is 43.8 Å². The molecule has 0 amide bonds. The Labute approximate surface area is 170 Å². The van der Waals surface area contributed by atoms with E-state index in [9.17, 15) is 0 Å². The molecule has 0 fully saturated rings. The van der Waals surface area contributed by atoms with Gasteiger partial charge in [0, 0.05) is 5.02 Å². The van der Waals surface area contributed by atoms with Crippen LogP contribution in [-0.2, 0) is 0 Å². The van der Waals surface area contributed by atoms with Crippen LogP contribution in [0.2, 0.25) is 5.02 Å². The molecule has 28 heavy (non-hydrogen) atoms. The molecule has 5 rings (SSSR count). The fourth-order valence-corrected chi connectivity index (χ4v) is 4.20. The molecule has 0 atom stereocenters. The van der Waals surface area contributed by atoms with Gasteiger partial charge in [0.05, 0.1) is 0 Å². The predicted molar refractivity (Wildman–Crippen MR) is 122 cm³/mol. The minimum atomic E-state index is 0.755. The van der Waals surface area contributed by atoms with Gasteiger partial charge in [-0.15, -0.1) is 0 Å². The molecule has 0 radical (unpaired) electrons. The largest absolute Gasteiger partial charge is 0.0843 e. The summed E-state index contributed by atoms with van der Waals surface area (Å²) in [5.74, 6) is 0. The summed E-state index contributed by atoms with van der Waals surface area (Å²) in [7, 11) is 0. The average Bonchev–Trinajstić information content (AvgIpc) is 2.74. The summed E-state index contributed by atoms with van der Waals surface area (Å²) in [5, 5.41) is 5.85. The van der Waals surface area contributed by atoms with E-state index in [1.807, 2.05) is 12.1 Å². The van der Waals surface area contributed by atoms with Gasteiger partial charge in [0.25, 0.3) is 0 Å². The summed E-state index contributed by atoms with van der Waals surface area (Å²) in [6.45, 7) is 2.13. The van der Waals surface area contributed by atoms with E-state index in [0.717, 1.165) is 5.02 Å². The summed E-state index contributed by atoms with van der Waals surface area (Å²) < 4.78 is 0. The van der Waals surface area contributed by atoms with Crippen molar-refractivity contribution in [2.24, 2.45) is 0 Å². The van der Waals surface area contributed by atoms with E-state index in [-0.39, 0.29) is 0 Å². The maximum absolute atomic E-state index is 6.19. The Hall–Kier alpha value is -3.09. The molecule has 5 aromatic rings. The molecule has 0 aliphatic rings. The van der Waals surface area contributed by atoms with Crippen LogP contribution < -0.4 is 0 Å². The Morgan fingerprint density at radius 3 is 1.32 bits per heavy atom. The molecular formula is C27H19Cl. The maximum atomic E-state index is 6.19. The van der Waals surface area contributed by atoms with Gasteiger partial charge in [0.2, 0.25) is 0 Å². The van der Waals surface area contributed by atoms with Crippen molar-refractivity contribution in [1.82, 2.24) is 0 Å². The van der Waals surface area contributed by atoms with Crippen LogP contribution in [0, 0.1) is 6.92 Å². The van der Waals surface area contributed by atoms with Gasteiger partial charge in [0.15, 0.2) is 0 Å². The van der Waals surface area contributed by atoms with Crippen molar-refractivity contribution in [1.29, 1.82) is 0 Å². The highest BCUT2D eigenvalue weighted by Gasteiger charge is 2.17. The SMILES string of the molecule is Cc1ccc(-c2c(-c3ccc(Cl)cc3)c3ccccc3c3ccccc23)cc1. The third kappa shape index (κ3) is 2.78. The molecule has 0 bridgehead atoms. The van der Waals surface area contributed by atoms with E-state index in [0.29, 0.717) is 0 Å². The monoisotopic (exact) mass is 378 g/mol. The highest BCUT2D eigenvalue weighted by Crippen LogP contribution is 2.44. The second-order valence-corrected chi connectivity index (χ2v) is 7.65. The highest BCUT2D eigenvalue weighted by molar-refractivity contribution is 6.30. The van der Waals surface area contributed by atoms with Gasteiger partial charge in [-0.3, -0.25) is 0 Å². The molecule has 0 aliphatic carbocycles. The Morgan fingerprint density at radius 1 is 0.464 bits per heavy atom. The van der Waals surface area contributed by atoms with Crippen molar-refractivity contribution in [3.8, 4) is 22.3 Å². The number of benzene rings is 5. The maximum Gasteiger partial charge on any atom is 0.0406 e. The van der Waals surface area contributed by atoms with Crippen LogP contribution in [-0.4, -0.2) is 0 Å². The van der Waals surface area contributed by atoms with Crippen molar-refractivity contribution in [2.75, 3.05) is 0 Å². The number of fused-ring (bicyclic) bond motifs is 3. The van der Waals surface area contributed by atoms with Crippen LogP contribution in [0.4, 0.5) is 0 Å². The molecule has 0 N–H and O–H groups in total. The van der Waals surface area contributed by atoms with Gasteiger partial charge in [-0.25, -0.2) is 0 Å². The van der Waals surface area contributed by atoms with Crippen LogP contribution >= 0.6 is 11.6 Å². The van der Waals surface area contributed by atoms with Crippen molar-refractivity contribution in [3.05, 3.63) is 108 Å². The quantitative estimate of drug-likeness (QED) is 0.271. The number of hydrogen-bond donors (Lipinski definition) is 0. The standard InChI is InChI=1S/C27H19Cl/c1-18-10-12-19(13-11-18)26-24-8-4-2-6-22(24)23-7-3-5-9-25(23)27(26)20-14-16-21(28)17-15-20/h2-17H,1H3. The first-order valence-corrected chi connectivity index (χ1v) is 9.86. The molecule has 0 saturated heterocycles. The zero-order valence-electron chi connectivity index (χ0n) is 15.6. The molecule has 0 unspecified atom stereocenters. The highest BCUT2D eigenvalue weighted by atomic mass is 35.5. The van der Waals surface area contributed by atoms with E-state index >= 15 is 0 Å². The lowest BCUT2D eigenvalue weighted by Crippen LogP contribution is -1.91. The molecule has 0 spiro atoms. The normalized spacial score (nSPS) is 11.2. The van der Waals surface area contributed by atoms with Crippen molar-refractivity contribution >= 4 is 33.1 Å². The third-order valence-electron chi connectivity index (χ3n) is 5.41. The first-order valence-electron chi connectivity index (χ1n) is 9.49. The molecule has 0 aliphatic heterocycles. The minimum Gasteiger partial charge on any atom is -0.0843 e. The second-order valence-electron chi connectivity index (χ2n) is 7.21. The first kappa shape index (κ1) is 17.0. The lowest BCUT2D eigenvalue weighted by Gasteiger charge is -2.18. The van der Waals surface area contributed by atoms with Crippen LogP contribution in [0.1, 0.15) is 5.56 Å². The molecule has 0 saturated carbocycles. The van der Waals surface area contributed by atoms with Crippen molar-refractivity contribution in [3.63, 3.8) is 0 Å². The zero-order chi connectivity index (χ0) is 19.1. The first-order chi connectivity index (χ1) is 13.7. The summed E-state index contributed by atoms with van der Waals surface area (Å²) in [6.07, 6.45) is 0. The molecule has 134 valence electrons. The summed E-state index contributed by atoms with van der Waals surface area (Å²) in [5.41, 5.74) is 6.22. The minimum absolute atomic E-state index is 0.755. The van der Waals surface area contributed by atoms with Crippen LogP contribution in [0.5, 0.6) is 0 Å². The second kappa shape index (κ2) is 6.82. The molecule has 0 aromatic heterocycles.